The number of carbonyl (C=O) groups is 2. The van der Waals surface area contributed by atoms with Gasteiger partial charge in [-0.1, -0.05) is 18.2 Å². The minimum absolute atomic E-state index is 0.118. The number of hydrogen-bond donors (Lipinski definition) is 1. The van der Waals surface area contributed by atoms with Crippen LogP contribution in [0.25, 0.3) is 5.57 Å². The van der Waals surface area contributed by atoms with Gasteiger partial charge < -0.3 is 14.8 Å². The van der Waals surface area contributed by atoms with E-state index >= 15 is 0 Å². The lowest BCUT2D eigenvalue weighted by molar-refractivity contribution is -0.137. The molecule has 1 aliphatic rings. The molecule has 0 unspecified atom stereocenters. The van der Waals surface area contributed by atoms with Gasteiger partial charge in [0.1, 0.15) is 11.4 Å². The molecule has 0 saturated carbocycles. The maximum absolute atomic E-state index is 13.1. The van der Waals surface area contributed by atoms with Gasteiger partial charge >= 0.3 is 0 Å². The SMILES string of the molecule is COc1ccccc1NC1=C(c2cccs2)C(=O)N(CCCOC(C)C)C1=O. The van der Waals surface area contributed by atoms with Gasteiger partial charge in [0.2, 0.25) is 0 Å². The van der Waals surface area contributed by atoms with Crippen molar-refractivity contribution in [3.63, 3.8) is 0 Å². The van der Waals surface area contributed by atoms with Gasteiger partial charge in [-0.05, 0) is 43.8 Å². The molecular weight excluding hydrogens is 376 g/mol. The Morgan fingerprint density at radius 3 is 2.57 bits per heavy atom. The van der Waals surface area contributed by atoms with Crippen LogP contribution in [0.2, 0.25) is 0 Å². The van der Waals surface area contributed by atoms with Crippen molar-refractivity contribution in [1.82, 2.24) is 4.90 Å². The number of anilines is 1. The number of amides is 2. The molecule has 0 saturated heterocycles. The highest BCUT2D eigenvalue weighted by Crippen LogP contribution is 2.34. The molecule has 28 heavy (non-hydrogen) atoms. The zero-order valence-corrected chi connectivity index (χ0v) is 17.0. The molecule has 1 aromatic carbocycles. The van der Waals surface area contributed by atoms with Crippen molar-refractivity contribution >= 4 is 34.4 Å². The van der Waals surface area contributed by atoms with Crippen LogP contribution in [0.5, 0.6) is 5.75 Å². The first-order valence-corrected chi connectivity index (χ1v) is 10.1. The van der Waals surface area contributed by atoms with E-state index in [1.54, 1.807) is 13.2 Å². The molecule has 7 heteroatoms. The molecule has 0 radical (unpaired) electrons. The Morgan fingerprint density at radius 2 is 1.89 bits per heavy atom. The van der Waals surface area contributed by atoms with Crippen LogP contribution >= 0.6 is 11.3 Å². The van der Waals surface area contributed by atoms with Crippen molar-refractivity contribution in [3.8, 4) is 5.75 Å². The highest BCUT2D eigenvalue weighted by Gasteiger charge is 2.39. The maximum atomic E-state index is 13.1. The summed E-state index contributed by atoms with van der Waals surface area (Å²) < 4.78 is 10.9. The molecule has 1 N–H and O–H groups in total. The highest BCUT2D eigenvalue weighted by molar-refractivity contribution is 7.11. The summed E-state index contributed by atoms with van der Waals surface area (Å²) in [7, 11) is 1.57. The lowest BCUT2D eigenvalue weighted by Gasteiger charge is -2.16. The molecular formula is C21H24N2O4S. The predicted octanol–water partition coefficient (Wildman–Crippen LogP) is 3.76. The Kier molecular flexibility index (Phi) is 6.49. The second kappa shape index (κ2) is 9.03. The Hall–Kier alpha value is -2.64. The number of benzene rings is 1. The van der Waals surface area contributed by atoms with E-state index in [0.29, 0.717) is 36.6 Å². The van der Waals surface area contributed by atoms with Crippen LogP contribution in [0.3, 0.4) is 0 Å². The van der Waals surface area contributed by atoms with Gasteiger partial charge in [0.15, 0.2) is 0 Å². The van der Waals surface area contributed by atoms with E-state index < -0.39 is 0 Å². The smallest absolute Gasteiger partial charge is 0.278 e. The minimum atomic E-state index is -0.330. The average Bonchev–Trinajstić information content (AvgIpc) is 3.28. The second-order valence-electron chi connectivity index (χ2n) is 6.59. The van der Waals surface area contributed by atoms with Crippen molar-refractivity contribution in [2.24, 2.45) is 0 Å². The van der Waals surface area contributed by atoms with E-state index in [-0.39, 0.29) is 23.6 Å². The Balaban J connectivity index is 1.87. The molecule has 2 aromatic rings. The van der Waals surface area contributed by atoms with Crippen LogP contribution in [-0.4, -0.2) is 43.1 Å². The Labute approximate surface area is 168 Å². The summed E-state index contributed by atoms with van der Waals surface area (Å²) in [5.74, 6) is -0.0113. The predicted molar refractivity (Wildman–Crippen MR) is 110 cm³/mol. The summed E-state index contributed by atoms with van der Waals surface area (Å²) >= 11 is 1.43. The van der Waals surface area contributed by atoms with Crippen molar-refractivity contribution in [2.75, 3.05) is 25.6 Å². The number of ether oxygens (including phenoxy) is 2. The summed E-state index contributed by atoms with van der Waals surface area (Å²) in [5, 5.41) is 5.02. The zero-order chi connectivity index (χ0) is 20.1. The third-order valence-corrected chi connectivity index (χ3v) is 5.17. The van der Waals surface area contributed by atoms with Gasteiger partial charge in [-0.25, -0.2) is 0 Å². The maximum Gasteiger partial charge on any atom is 0.278 e. The highest BCUT2D eigenvalue weighted by atomic mass is 32.1. The van der Waals surface area contributed by atoms with E-state index in [9.17, 15) is 9.59 Å². The van der Waals surface area contributed by atoms with Crippen LogP contribution < -0.4 is 10.1 Å². The third-order valence-electron chi connectivity index (χ3n) is 4.28. The van der Waals surface area contributed by atoms with Crippen molar-refractivity contribution in [3.05, 3.63) is 52.4 Å². The summed E-state index contributed by atoms with van der Waals surface area (Å²) in [6, 6.07) is 11.0. The zero-order valence-electron chi connectivity index (χ0n) is 16.2. The van der Waals surface area contributed by atoms with Crippen molar-refractivity contribution in [2.45, 2.75) is 26.4 Å². The monoisotopic (exact) mass is 400 g/mol. The number of nitrogens with zero attached hydrogens (tertiary/aromatic N) is 1. The van der Waals surface area contributed by atoms with E-state index in [1.165, 1.54) is 16.2 Å². The van der Waals surface area contributed by atoms with Crippen LogP contribution in [0.4, 0.5) is 5.69 Å². The van der Waals surface area contributed by atoms with Gasteiger partial charge in [-0.3, -0.25) is 14.5 Å². The number of rotatable bonds is 9. The number of hydrogen-bond acceptors (Lipinski definition) is 6. The normalized spacial score (nSPS) is 14.4. The second-order valence-corrected chi connectivity index (χ2v) is 7.54. The Bertz CT molecular complexity index is 874. The molecule has 0 aliphatic carbocycles. The fourth-order valence-electron chi connectivity index (χ4n) is 2.97. The molecule has 0 atom stereocenters. The summed E-state index contributed by atoms with van der Waals surface area (Å²) in [4.78, 5) is 28.1. The molecule has 1 aromatic heterocycles. The van der Waals surface area contributed by atoms with Crippen molar-refractivity contribution in [1.29, 1.82) is 0 Å². The summed E-state index contributed by atoms with van der Waals surface area (Å²) in [5.41, 5.74) is 1.32. The number of imide groups is 1. The molecule has 1 aliphatic heterocycles. The molecule has 2 amide bonds. The quantitative estimate of drug-likeness (QED) is 0.513. The fraction of sp³-hybridized carbons (Fsp3) is 0.333. The van der Waals surface area contributed by atoms with Gasteiger partial charge in [0.05, 0.1) is 24.5 Å². The molecule has 0 spiro atoms. The average molecular weight is 401 g/mol. The van der Waals surface area contributed by atoms with Crippen LogP contribution in [0.15, 0.2) is 47.5 Å². The minimum Gasteiger partial charge on any atom is -0.495 e. The van der Waals surface area contributed by atoms with Gasteiger partial charge in [-0.15, -0.1) is 11.3 Å². The largest absolute Gasteiger partial charge is 0.495 e. The third kappa shape index (κ3) is 4.26. The standard InChI is InChI=1S/C21H24N2O4S/c1-14(2)27-12-7-11-23-20(24)18(17-10-6-13-28-17)19(21(23)25)22-15-8-4-5-9-16(15)26-3/h4-6,8-10,13-14,22H,7,11-12H2,1-3H3. The van der Waals surface area contributed by atoms with E-state index in [0.717, 1.165) is 4.88 Å². The molecule has 0 bridgehead atoms. The Morgan fingerprint density at radius 1 is 1.11 bits per heavy atom. The first-order chi connectivity index (χ1) is 13.5. The molecule has 6 nitrogen and oxygen atoms in total. The van der Waals surface area contributed by atoms with E-state index in [2.05, 4.69) is 5.32 Å². The molecule has 0 fully saturated rings. The van der Waals surface area contributed by atoms with Gasteiger partial charge in [0, 0.05) is 18.0 Å². The van der Waals surface area contributed by atoms with Crippen LogP contribution in [-0.2, 0) is 14.3 Å². The van der Waals surface area contributed by atoms with Crippen molar-refractivity contribution < 1.29 is 19.1 Å². The number of carbonyl (C=O) groups excluding carboxylic acids is 2. The molecule has 3 rings (SSSR count). The first-order valence-electron chi connectivity index (χ1n) is 9.19. The lowest BCUT2D eigenvalue weighted by Crippen LogP contribution is -2.34. The topological polar surface area (TPSA) is 67.9 Å². The van der Waals surface area contributed by atoms with Gasteiger partial charge in [-0.2, -0.15) is 0 Å². The summed E-state index contributed by atoms with van der Waals surface area (Å²) in [6.07, 6.45) is 0.711. The van der Waals surface area contributed by atoms with Crippen LogP contribution in [0, 0.1) is 0 Å². The number of methoxy groups -OCH3 is 1. The van der Waals surface area contributed by atoms with E-state index in [1.807, 2.05) is 49.6 Å². The fourth-order valence-corrected chi connectivity index (χ4v) is 3.74. The van der Waals surface area contributed by atoms with E-state index in [4.69, 9.17) is 9.47 Å². The summed E-state index contributed by atoms with van der Waals surface area (Å²) in [6.45, 7) is 4.73. The lowest BCUT2D eigenvalue weighted by atomic mass is 10.2. The molecule has 148 valence electrons. The number of nitrogens with one attached hydrogen (secondary N) is 1. The van der Waals surface area contributed by atoms with Crippen LogP contribution in [0.1, 0.15) is 25.1 Å². The van der Waals surface area contributed by atoms with Gasteiger partial charge in [0.25, 0.3) is 11.8 Å². The number of para-hydroxylation sites is 2. The molecule has 2 heterocycles. The first kappa shape index (κ1) is 20.1. The number of thiophene rings is 1.